The van der Waals surface area contributed by atoms with E-state index < -0.39 is 21.1 Å². The molecule has 8 heteroatoms. The Morgan fingerprint density at radius 1 is 1.31 bits per heavy atom. The number of sulfonamides is 1. The molecule has 0 saturated heterocycles. The highest BCUT2D eigenvalue weighted by Gasteiger charge is 2.48. The number of nitrogens with two attached hydrogens (primary N) is 1. The molecule has 0 spiro atoms. The molecule has 3 N–H and O–H groups in total. The van der Waals surface area contributed by atoms with Crippen LogP contribution in [0.4, 0.5) is 13.2 Å². The third-order valence-corrected chi connectivity index (χ3v) is 3.37. The Bertz CT molecular complexity index is 327. The van der Waals surface area contributed by atoms with Crippen molar-refractivity contribution in [3.8, 4) is 0 Å². The molecule has 0 aliphatic heterocycles. The molecule has 0 fully saturated rings. The molecule has 0 aliphatic rings. The Kier molecular flexibility index (Phi) is 4.78. The zero-order chi connectivity index (χ0) is 13.2. The summed E-state index contributed by atoms with van der Waals surface area (Å²) in [7, 11) is -5.34. The van der Waals surface area contributed by atoms with Crippen LogP contribution in [0.15, 0.2) is 0 Å². The highest BCUT2D eigenvalue weighted by Crippen LogP contribution is 2.25. The van der Waals surface area contributed by atoms with Gasteiger partial charge in [0, 0.05) is 12.1 Å². The van der Waals surface area contributed by atoms with Gasteiger partial charge >= 0.3 is 15.5 Å². The van der Waals surface area contributed by atoms with Crippen molar-refractivity contribution in [1.82, 2.24) is 4.72 Å². The van der Waals surface area contributed by atoms with Crippen molar-refractivity contribution in [2.24, 2.45) is 11.7 Å². The topological polar surface area (TPSA) is 72.2 Å². The summed E-state index contributed by atoms with van der Waals surface area (Å²) in [6, 6.07) is 0. The Morgan fingerprint density at radius 3 is 2.00 bits per heavy atom. The second-order valence-corrected chi connectivity index (χ2v) is 6.09. The molecule has 0 radical (unpaired) electrons. The van der Waals surface area contributed by atoms with E-state index in [4.69, 9.17) is 5.73 Å². The lowest BCUT2D eigenvalue weighted by Gasteiger charge is -2.30. The molecule has 0 amide bonds. The average molecular weight is 262 g/mol. The average Bonchev–Trinajstić information content (AvgIpc) is 1.99. The summed E-state index contributed by atoms with van der Waals surface area (Å²) in [5.74, 6) is 0.0319. The Hall–Kier alpha value is -0.340. The van der Waals surface area contributed by atoms with Crippen molar-refractivity contribution in [1.29, 1.82) is 0 Å². The number of rotatable bonds is 5. The van der Waals surface area contributed by atoms with Crippen LogP contribution < -0.4 is 10.5 Å². The van der Waals surface area contributed by atoms with Gasteiger partial charge in [0.2, 0.25) is 0 Å². The van der Waals surface area contributed by atoms with Gasteiger partial charge in [-0.1, -0.05) is 13.8 Å². The summed E-state index contributed by atoms with van der Waals surface area (Å²) in [5, 5.41) is 0. The van der Waals surface area contributed by atoms with Crippen LogP contribution in [0.5, 0.6) is 0 Å². The van der Waals surface area contributed by atoms with Crippen molar-refractivity contribution < 1.29 is 21.6 Å². The fourth-order valence-electron chi connectivity index (χ4n) is 1.45. The minimum atomic E-state index is -5.34. The number of nitrogens with one attached hydrogen (secondary N) is 1. The van der Waals surface area contributed by atoms with Crippen LogP contribution in [0.25, 0.3) is 0 Å². The van der Waals surface area contributed by atoms with Gasteiger partial charge in [-0.2, -0.15) is 13.2 Å². The molecule has 0 rings (SSSR count). The lowest BCUT2D eigenvalue weighted by atomic mass is 9.92. The first-order valence-electron chi connectivity index (χ1n) is 4.74. The number of hydrogen-bond acceptors (Lipinski definition) is 3. The largest absolute Gasteiger partial charge is 0.511 e. The van der Waals surface area contributed by atoms with Crippen molar-refractivity contribution in [3.05, 3.63) is 0 Å². The summed E-state index contributed by atoms with van der Waals surface area (Å²) < 4.78 is 59.9. The van der Waals surface area contributed by atoms with E-state index in [0.717, 1.165) is 0 Å². The van der Waals surface area contributed by atoms with Crippen LogP contribution >= 0.6 is 0 Å². The minimum absolute atomic E-state index is 0.0319. The van der Waals surface area contributed by atoms with Crippen molar-refractivity contribution in [3.63, 3.8) is 0 Å². The molecule has 0 bridgehead atoms. The van der Waals surface area contributed by atoms with E-state index in [0.29, 0.717) is 0 Å². The number of hydrogen-bond donors (Lipinski definition) is 2. The number of alkyl halides is 3. The predicted molar refractivity (Wildman–Crippen MR) is 55.0 cm³/mol. The molecule has 0 heterocycles. The first-order chi connectivity index (χ1) is 6.93. The molecule has 16 heavy (non-hydrogen) atoms. The molecule has 0 aliphatic carbocycles. The van der Waals surface area contributed by atoms with Crippen LogP contribution in [-0.4, -0.2) is 26.0 Å². The van der Waals surface area contributed by atoms with Crippen LogP contribution in [0, 0.1) is 5.92 Å². The quantitative estimate of drug-likeness (QED) is 0.781. The maximum Gasteiger partial charge on any atom is 0.511 e. The van der Waals surface area contributed by atoms with Gasteiger partial charge in [0.15, 0.2) is 0 Å². The van der Waals surface area contributed by atoms with E-state index >= 15 is 0 Å². The molecule has 0 aromatic heterocycles. The monoisotopic (exact) mass is 262 g/mol. The highest BCUT2D eigenvalue weighted by molar-refractivity contribution is 7.90. The van der Waals surface area contributed by atoms with Crippen LogP contribution in [0.3, 0.4) is 0 Å². The first kappa shape index (κ1) is 15.7. The van der Waals surface area contributed by atoms with Gasteiger partial charge in [0.25, 0.3) is 0 Å². The molecule has 1 unspecified atom stereocenters. The van der Waals surface area contributed by atoms with Gasteiger partial charge in [0.05, 0.1) is 0 Å². The van der Waals surface area contributed by atoms with E-state index in [1.165, 1.54) is 6.92 Å². The molecule has 1 atom stereocenters. The van der Waals surface area contributed by atoms with Crippen LogP contribution in [0.2, 0.25) is 0 Å². The fraction of sp³-hybridized carbons (Fsp3) is 1.00. The van der Waals surface area contributed by atoms with Gasteiger partial charge in [-0.05, 0) is 19.3 Å². The van der Waals surface area contributed by atoms with Crippen molar-refractivity contribution in [2.45, 2.75) is 38.2 Å². The van der Waals surface area contributed by atoms with Gasteiger partial charge in [0.1, 0.15) is 0 Å². The molecule has 0 aromatic carbocycles. The molecular formula is C8H17F3N2O2S. The minimum Gasteiger partial charge on any atom is -0.329 e. The van der Waals surface area contributed by atoms with Crippen LogP contribution in [-0.2, 0) is 10.0 Å². The second kappa shape index (κ2) is 4.89. The lowest BCUT2D eigenvalue weighted by molar-refractivity contribution is -0.0457. The molecule has 0 saturated carbocycles. The van der Waals surface area contributed by atoms with E-state index in [-0.39, 0.29) is 18.9 Å². The zero-order valence-corrected chi connectivity index (χ0v) is 10.2. The summed E-state index contributed by atoms with van der Waals surface area (Å²) in [5.41, 5.74) is -1.27. The van der Waals surface area contributed by atoms with E-state index in [1.807, 2.05) is 0 Å². The van der Waals surface area contributed by atoms with E-state index in [1.54, 1.807) is 18.6 Å². The van der Waals surface area contributed by atoms with Crippen molar-refractivity contribution in [2.75, 3.05) is 6.54 Å². The molecule has 0 aromatic rings. The molecular weight excluding hydrogens is 245 g/mol. The third-order valence-electron chi connectivity index (χ3n) is 1.99. The highest BCUT2D eigenvalue weighted by atomic mass is 32.2. The Balaban J connectivity index is 4.93. The summed E-state index contributed by atoms with van der Waals surface area (Å²) in [4.78, 5) is 0. The van der Waals surface area contributed by atoms with E-state index in [2.05, 4.69) is 0 Å². The van der Waals surface area contributed by atoms with Gasteiger partial charge in [-0.25, -0.2) is 13.1 Å². The maximum absolute atomic E-state index is 12.1. The lowest BCUT2D eigenvalue weighted by Crippen LogP contribution is -2.55. The van der Waals surface area contributed by atoms with Gasteiger partial charge in [-0.15, -0.1) is 0 Å². The molecule has 4 nitrogen and oxygen atoms in total. The van der Waals surface area contributed by atoms with Gasteiger partial charge < -0.3 is 5.73 Å². The summed E-state index contributed by atoms with van der Waals surface area (Å²) >= 11 is 0. The van der Waals surface area contributed by atoms with Crippen LogP contribution in [0.1, 0.15) is 27.2 Å². The summed E-state index contributed by atoms with van der Waals surface area (Å²) in [6.45, 7) is 4.71. The normalized spacial score (nSPS) is 17.5. The zero-order valence-electron chi connectivity index (χ0n) is 9.43. The second-order valence-electron chi connectivity index (χ2n) is 4.41. The SMILES string of the molecule is CC(C)CC(C)(CN)NS(=O)(=O)C(F)(F)F. The fourth-order valence-corrected chi connectivity index (χ4v) is 2.38. The Labute approximate surface area is 93.4 Å². The maximum atomic E-state index is 12.1. The van der Waals surface area contributed by atoms with Crippen molar-refractivity contribution >= 4 is 10.0 Å². The molecule has 98 valence electrons. The van der Waals surface area contributed by atoms with Gasteiger partial charge in [-0.3, -0.25) is 0 Å². The van der Waals surface area contributed by atoms with E-state index in [9.17, 15) is 21.6 Å². The smallest absolute Gasteiger partial charge is 0.329 e. The summed E-state index contributed by atoms with van der Waals surface area (Å²) in [6.07, 6.45) is 0.235. The third kappa shape index (κ3) is 4.26. The standard InChI is InChI=1S/C8H17F3N2O2S/c1-6(2)4-7(3,5-12)13-16(14,15)8(9,10)11/h6,13H,4-5,12H2,1-3H3. The number of halogens is 3. The first-order valence-corrected chi connectivity index (χ1v) is 6.22. The predicted octanol–water partition coefficient (Wildman–Crippen LogP) is 1.19. The Morgan fingerprint density at radius 2 is 1.75 bits per heavy atom.